The first-order valence-corrected chi connectivity index (χ1v) is 11.0. The Kier molecular flexibility index (Phi) is 6.53. The largest absolute Gasteiger partial charge is 0.489 e. The van der Waals surface area contributed by atoms with E-state index in [-0.39, 0.29) is 5.91 Å². The van der Waals surface area contributed by atoms with Gasteiger partial charge >= 0.3 is 0 Å². The summed E-state index contributed by atoms with van der Waals surface area (Å²) in [6, 6.07) is 16.9. The molecular weight excluding hydrogens is 430 g/mol. The van der Waals surface area contributed by atoms with E-state index in [1.165, 1.54) is 5.56 Å². The summed E-state index contributed by atoms with van der Waals surface area (Å²) < 4.78 is 6.95. The summed E-state index contributed by atoms with van der Waals surface area (Å²) >= 11 is 3.49. The molecule has 1 N–H and O–H groups in total. The summed E-state index contributed by atoms with van der Waals surface area (Å²) in [5.41, 5.74) is 2.45. The summed E-state index contributed by atoms with van der Waals surface area (Å²) in [4.78, 5) is 16.6. The molecule has 29 heavy (non-hydrogen) atoms. The van der Waals surface area contributed by atoms with Crippen LogP contribution in [0.4, 0.5) is 0 Å². The van der Waals surface area contributed by atoms with Gasteiger partial charge in [-0.15, -0.1) is 0 Å². The van der Waals surface area contributed by atoms with Crippen LogP contribution in [0.2, 0.25) is 0 Å². The van der Waals surface area contributed by atoms with E-state index >= 15 is 0 Å². The van der Waals surface area contributed by atoms with Gasteiger partial charge in [-0.2, -0.15) is 0 Å². The SMILES string of the molecule is CN1CCN(C(=O)CN[C@H]2C[C@@H]2c2ccc(OCc3cccc(Br)c3)cc2)CC1. The lowest BCUT2D eigenvalue weighted by Crippen LogP contribution is -2.49. The zero-order valence-corrected chi connectivity index (χ0v) is 18.4. The molecule has 6 heteroatoms. The van der Waals surface area contributed by atoms with Crippen molar-refractivity contribution in [2.75, 3.05) is 39.8 Å². The molecule has 2 atom stereocenters. The van der Waals surface area contributed by atoms with Crippen molar-refractivity contribution in [2.24, 2.45) is 0 Å². The maximum atomic E-state index is 12.4. The van der Waals surface area contributed by atoms with Crippen LogP contribution in [0.3, 0.4) is 0 Å². The Morgan fingerprint density at radius 3 is 2.62 bits per heavy atom. The van der Waals surface area contributed by atoms with E-state index in [1.54, 1.807) is 0 Å². The molecule has 1 heterocycles. The molecule has 154 valence electrons. The lowest BCUT2D eigenvalue weighted by atomic mass is 10.1. The molecule has 1 saturated heterocycles. The van der Waals surface area contributed by atoms with E-state index in [0.29, 0.717) is 25.1 Å². The molecule has 0 bridgehead atoms. The van der Waals surface area contributed by atoms with Crippen LogP contribution < -0.4 is 10.1 Å². The van der Waals surface area contributed by atoms with E-state index in [9.17, 15) is 4.79 Å². The molecule has 2 aromatic carbocycles. The highest BCUT2D eigenvalue weighted by Crippen LogP contribution is 2.41. The monoisotopic (exact) mass is 457 g/mol. The van der Waals surface area contributed by atoms with E-state index in [1.807, 2.05) is 29.2 Å². The van der Waals surface area contributed by atoms with Gasteiger partial charge in [0.1, 0.15) is 12.4 Å². The van der Waals surface area contributed by atoms with Crippen LogP contribution in [-0.2, 0) is 11.4 Å². The van der Waals surface area contributed by atoms with Gasteiger partial charge < -0.3 is 19.9 Å². The second-order valence-electron chi connectivity index (χ2n) is 8.00. The summed E-state index contributed by atoms with van der Waals surface area (Å²) in [5, 5.41) is 3.44. The molecule has 0 radical (unpaired) electrons. The van der Waals surface area contributed by atoms with Gasteiger partial charge in [-0.1, -0.05) is 40.2 Å². The highest BCUT2D eigenvalue weighted by molar-refractivity contribution is 9.10. The van der Waals surface area contributed by atoms with Crippen LogP contribution in [0.1, 0.15) is 23.5 Å². The minimum atomic E-state index is 0.222. The molecule has 1 saturated carbocycles. The molecular formula is C23H28BrN3O2. The van der Waals surface area contributed by atoms with Crippen LogP contribution in [0, 0.1) is 0 Å². The third kappa shape index (κ3) is 5.59. The number of benzene rings is 2. The van der Waals surface area contributed by atoms with Gasteiger partial charge in [0.15, 0.2) is 0 Å². The van der Waals surface area contributed by atoms with Crippen molar-refractivity contribution in [3.8, 4) is 5.75 Å². The van der Waals surface area contributed by atoms with Crippen LogP contribution in [0.15, 0.2) is 53.0 Å². The standard InChI is InChI=1S/C23H28BrN3O2/c1-26-9-11-27(12-10-26)23(28)15-25-22-14-21(22)18-5-7-20(8-6-18)29-16-17-3-2-4-19(24)13-17/h2-8,13,21-22,25H,9-12,14-16H2,1H3/t21-,22+/m1/s1. The zero-order valence-electron chi connectivity index (χ0n) is 16.8. The van der Waals surface area contributed by atoms with Crippen molar-refractivity contribution < 1.29 is 9.53 Å². The van der Waals surface area contributed by atoms with Crippen molar-refractivity contribution in [3.63, 3.8) is 0 Å². The lowest BCUT2D eigenvalue weighted by Gasteiger charge is -2.32. The quantitative estimate of drug-likeness (QED) is 0.692. The topological polar surface area (TPSA) is 44.8 Å². The number of hydrogen-bond acceptors (Lipinski definition) is 4. The molecule has 4 rings (SSSR count). The molecule has 1 aliphatic carbocycles. The number of rotatable bonds is 7. The number of nitrogens with zero attached hydrogens (tertiary/aromatic N) is 2. The number of ether oxygens (including phenoxy) is 1. The predicted molar refractivity (Wildman–Crippen MR) is 118 cm³/mol. The molecule has 0 aromatic heterocycles. The lowest BCUT2D eigenvalue weighted by molar-refractivity contribution is -0.131. The number of halogens is 1. The Morgan fingerprint density at radius 2 is 1.90 bits per heavy atom. The smallest absolute Gasteiger partial charge is 0.236 e. The number of carbonyl (C=O) groups excluding carboxylic acids is 1. The third-order valence-corrected chi connectivity index (χ3v) is 6.26. The maximum absolute atomic E-state index is 12.4. The highest BCUT2D eigenvalue weighted by Gasteiger charge is 2.38. The van der Waals surface area contributed by atoms with Crippen molar-refractivity contribution >= 4 is 21.8 Å². The zero-order chi connectivity index (χ0) is 20.2. The van der Waals surface area contributed by atoms with Crippen molar-refractivity contribution in [1.82, 2.24) is 15.1 Å². The van der Waals surface area contributed by atoms with E-state index in [2.05, 4.69) is 57.5 Å². The van der Waals surface area contributed by atoms with E-state index in [4.69, 9.17) is 4.74 Å². The first-order chi connectivity index (χ1) is 14.1. The Bertz CT molecular complexity index is 834. The first kappa shape index (κ1) is 20.4. The number of amides is 1. The van der Waals surface area contributed by atoms with Crippen LogP contribution in [0.25, 0.3) is 0 Å². The van der Waals surface area contributed by atoms with Gasteiger partial charge in [0.25, 0.3) is 0 Å². The highest BCUT2D eigenvalue weighted by atomic mass is 79.9. The minimum Gasteiger partial charge on any atom is -0.489 e. The molecule has 1 aliphatic heterocycles. The summed E-state index contributed by atoms with van der Waals surface area (Å²) in [7, 11) is 2.10. The average Bonchev–Trinajstić information content (AvgIpc) is 3.51. The van der Waals surface area contributed by atoms with Gasteiger partial charge in [-0.3, -0.25) is 4.79 Å². The summed E-state index contributed by atoms with van der Waals surface area (Å²) in [6.07, 6.45) is 1.09. The minimum absolute atomic E-state index is 0.222. The molecule has 5 nitrogen and oxygen atoms in total. The van der Waals surface area contributed by atoms with Crippen LogP contribution in [0.5, 0.6) is 5.75 Å². The molecule has 0 spiro atoms. The Labute approximate surface area is 181 Å². The average molecular weight is 458 g/mol. The van der Waals surface area contributed by atoms with Crippen LogP contribution in [-0.4, -0.2) is 61.5 Å². The third-order valence-electron chi connectivity index (χ3n) is 5.76. The van der Waals surface area contributed by atoms with Gasteiger partial charge in [-0.25, -0.2) is 0 Å². The normalized spacial score (nSPS) is 21.8. The molecule has 2 aliphatic rings. The van der Waals surface area contributed by atoms with Gasteiger partial charge in [-0.05, 0) is 48.9 Å². The number of nitrogens with one attached hydrogen (secondary N) is 1. The van der Waals surface area contributed by atoms with Gasteiger partial charge in [0, 0.05) is 42.6 Å². The van der Waals surface area contributed by atoms with Crippen molar-refractivity contribution in [3.05, 3.63) is 64.1 Å². The second-order valence-corrected chi connectivity index (χ2v) is 8.92. The Hall–Kier alpha value is -1.89. The van der Waals surface area contributed by atoms with E-state index in [0.717, 1.165) is 48.4 Å². The number of carbonyl (C=O) groups is 1. The molecule has 0 unspecified atom stereocenters. The molecule has 2 fully saturated rings. The molecule has 1 amide bonds. The van der Waals surface area contributed by atoms with Crippen molar-refractivity contribution in [2.45, 2.75) is 25.0 Å². The summed E-state index contributed by atoms with van der Waals surface area (Å²) in [5.74, 6) is 1.60. The van der Waals surface area contributed by atoms with Crippen molar-refractivity contribution in [1.29, 1.82) is 0 Å². The molecule has 2 aromatic rings. The van der Waals surface area contributed by atoms with E-state index < -0.39 is 0 Å². The first-order valence-electron chi connectivity index (χ1n) is 10.3. The number of piperazine rings is 1. The predicted octanol–water partition coefficient (Wildman–Crippen LogP) is 3.25. The Morgan fingerprint density at radius 1 is 1.14 bits per heavy atom. The summed E-state index contributed by atoms with van der Waals surface area (Å²) in [6.45, 7) is 4.61. The number of hydrogen-bond donors (Lipinski definition) is 1. The Balaban J connectivity index is 1.21. The fraction of sp³-hybridized carbons (Fsp3) is 0.435. The second kappa shape index (κ2) is 9.28. The van der Waals surface area contributed by atoms with Gasteiger partial charge in [0.05, 0.1) is 6.54 Å². The fourth-order valence-electron chi connectivity index (χ4n) is 3.78. The number of likely N-dealkylation sites (N-methyl/N-ethyl adjacent to an activating group) is 1. The van der Waals surface area contributed by atoms with Crippen LogP contribution >= 0.6 is 15.9 Å². The fourth-order valence-corrected chi connectivity index (χ4v) is 4.23. The van der Waals surface area contributed by atoms with Gasteiger partial charge in [0.2, 0.25) is 5.91 Å². The maximum Gasteiger partial charge on any atom is 0.236 e.